The second-order valence-electron chi connectivity index (χ2n) is 6.16. The average Bonchev–Trinajstić information content (AvgIpc) is 2.89. The Labute approximate surface area is 125 Å². The quantitative estimate of drug-likeness (QED) is 0.387. The van der Waals surface area contributed by atoms with Gasteiger partial charge in [0.15, 0.2) is 0 Å². The van der Waals surface area contributed by atoms with Crippen molar-refractivity contribution in [3.63, 3.8) is 0 Å². The topological polar surface area (TPSA) is 0 Å². The summed E-state index contributed by atoms with van der Waals surface area (Å²) < 4.78 is 0. The zero-order valence-corrected chi connectivity index (χ0v) is 15.7. The highest BCUT2D eigenvalue weighted by molar-refractivity contribution is 7.77. The van der Waals surface area contributed by atoms with Crippen molar-refractivity contribution >= 4 is 15.8 Å². The SMILES string of the molecule is CCCP(CCC)C1(P(CCC)CCC)CCCC1. The highest BCUT2D eigenvalue weighted by Gasteiger charge is 2.44. The third kappa shape index (κ3) is 4.68. The molecule has 1 fully saturated rings. The van der Waals surface area contributed by atoms with Crippen molar-refractivity contribution in [3.05, 3.63) is 0 Å². The smallest absolute Gasteiger partial charge is 0.0106 e. The van der Waals surface area contributed by atoms with Crippen LogP contribution < -0.4 is 0 Å². The van der Waals surface area contributed by atoms with Gasteiger partial charge in [0.2, 0.25) is 0 Å². The van der Waals surface area contributed by atoms with Crippen molar-refractivity contribution in [2.75, 3.05) is 24.6 Å². The third-order valence-electron chi connectivity index (χ3n) is 4.56. The first-order valence-electron chi connectivity index (χ1n) is 8.75. The minimum atomic E-state index is 0.320. The molecule has 2 heteroatoms. The van der Waals surface area contributed by atoms with Gasteiger partial charge in [0.25, 0.3) is 0 Å². The van der Waals surface area contributed by atoms with E-state index in [1.54, 1.807) is 50.3 Å². The Morgan fingerprint density at radius 2 is 0.947 bits per heavy atom. The van der Waals surface area contributed by atoms with Crippen LogP contribution in [0.25, 0.3) is 0 Å². The zero-order chi connectivity index (χ0) is 14.1. The Kier molecular flexibility index (Phi) is 9.18. The lowest BCUT2D eigenvalue weighted by Crippen LogP contribution is -2.25. The standard InChI is InChI=1S/C17H36P2/c1-5-13-18(14-6-2)17(11-9-10-12-17)19(15-7-3)16-8-4/h5-16H2,1-4H3. The van der Waals surface area contributed by atoms with Crippen molar-refractivity contribution < 1.29 is 0 Å². The van der Waals surface area contributed by atoms with Crippen LogP contribution in [0.4, 0.5) is 0 Å². The van der Waals surface area contributed by atoms with E-state index in [-0.39, 0.29) is 0 Å². The lowest BCUT2D eigenvalue weighted by molar-refractivity contribution is 0.786. The van der Waals surface area contributed by atoms with Crippen molar-refractivity contribution in [2.24, 2.45) is 0 Å². The van der Waals surface area contributed by atoms with E-state index in [1.807, 2.05) is 0 Å². The van der Waals surface area contributed by atoms with E-state index in [9.17, 15) is 0 Å². The number of rotatable bonds is 10. The first-order chi connectivity index (χ1) is 9.25. The molecule has 1 saturated carbocycles. The van der Waals surface area contributed by atoms with E-state index in [0.717, 1.165) is 4.90 Å². The molecule has 0 N–H and O–H groups in total. The van der Waals surface area contributed by atoms with Gasteiger partial charge < -0.3 is 0 Å². The molecule has 0 spiro atoms. The Morgan fingerprint density at radius 3 is 1.21 bits per heavy atom. The zero-order valence-electron chi connectivity index (χ0n) is 13.9. The van der Waals surface area contributed by atoms with Gasteiger partial charge in [-0.1, -0.05) is 82.1 Å². The summed E-state index contributed by atoms with van der Waals surface area (Å²) in [5, 5.41) is 0. The summed E-state index contributed by atoms with van der Waals surface area (Å²) in [4.78, 5) is 0.864. The highest BCUT2D eigenvalue weighted by Crippen LogP contribution is 2.73. The van der Waals surface area contributed by atoms with Gasteiger partial charge in [0.1, 0.15) is 0 Å². The molecule has 1 rings (SSSR count). The summed E-state index contributed by atoms with van der Waals surface area (Å²) in [6.07, 6.45) is 18.2. The first kappa shape index (κ1) is 17.9. The van der Waals surface area contributed by atoms with Gasteiger partial charge in [-0.2, -0.15) is 0 Å². The molecule has 1 aliphatic rings. The highest BCUT2D eigenvalue weighted by atomic mass is 31.2. The van der Waals surface area contributed by atoms with Crippen LogP contribution in [0.1, 0.15) is 79.1 Å². The second kappa shape index (κ2) is 9.73. The fourth-order valence-electron chi connectivity index (χ4n) is 3.91. The Hall–Kier alpha value is 0.860. The summed E-state index contributed by atoms with van der Waals surface area (Å²) in [5.74, 6) is 0. The van der Waals surface area contributed by atoms with E-state index >= 15 is 0 Å². The number of hydrogen-bond acceptors (Lipinski definition) is 0. The number of hydrogen-bond donors (Lipinski definition) is 0. The van der Waals surface area contributed by atoms with Crippen LogP contribution in [0.5, 0.6) is 0 Å². The van der Waals surface area contributed by atoms with Crippen LogP contribution in [0.3, 0.4) is 0 Å². The van der Waals surface area contributed by atoms with Crippen LogP contribution >= 0.6 is 15.8 Å². The molecule has 0 amide bonds. The summed E-state index contributed by atoms with van der Waals surface area (Å²) in [5.41, 5.74) is 0. The van der Waals surface area contributed by atoms with E-state index in [2.05, 4.69) is 27.7 Å². The molecular formula is C17H36P2. The van der Waals surface area contributed by atoms with Crippen molar-refractivity contribution in [3.8, 4) is 0 Å². The molecular weight excluding hydrogens is 266 g/mol. The van der Waals surface area contributed by atoms with Crippen LogP contribution in [0.2, 0.25) is 0 Å². The van der Waals surface area contributed by atoms with Gasteiger partial charge in [-0.05, 0) is 37.5 Å². The normalized spacial score (nSPS) is 18.6. The van der Waals surface area contributed by atoms with E-state index in [1.165, 1.54) is 25.7 Å². The van der Waals surface area contributed by atoms with Crippen LogP contribution in [0.15, 0.2) is 0 Å². The fourth-order valence-corrected chi connectivity index (χ4v) is 12.9. The third-order valence-corrected chi connectivity index (χ3v) is 13.4. The van der Waals surface area contributed by atoms with Gasteiger partial charge in [0, 0.05) is 4.90 Å². The monoisotopic (exact) mass is 302 g/mol. The van der Waals surface area contributed by atoms with Crippen molar-refractivity contribution in [2.45, 2.75) is 84.0 Å². The molecule has 0 unspecified atom stereocenters. The van der Waals surface area contributed by atoms with E-state index in [4.69, 9.17) is 0 Å². The van der Waals surface area contributed by atoms with Crippen LogP contribution in [0, 0.1) is 0 Å². The predicted octanol–water partition coefficient (Wildman–Crippen LogP) is 6.86. The molecule has 0 heterocycles. The van der Waals surface area contributed by atoms with Gasteiger partial charge in [-0.15, -0.1) is 0 Å². The summed E-state index contributed by atoms with van der Waals surface area (Å²) in [6.45, 7) is 9.65. The average molecular weight is 302 g/mol. The van der Waals surface area contributed by atoms with E-state index < -0.39 is 0 Å². The Bertz CT molecular complexity index is 191. The molecule has 1 aliphatic carbocycles. The summed E-state index contributed by atoms with van der Waals surface area (Å²) in [6, 6.07) is 0. The summed E-state index contributed by atoms with van der Waals surface area (Å²) >= 11 is 0. The van der Waals surface area contributed by atoms with Crippen LogP contribution in [-0.4, -0.2) is 29.5 Å². The minimum Gasteiger partial charge on any atom is -0.0959 e. The summed E-state index contributed by atoms with van der Waals surface area (Å²) in [7, 11) is 0.640. The maximum atomic E-state index is 2.41. The molecule has 0 aromatic carbocycles. The van der Waals surface area contributed by atoms with Gasteiger partial charge in [0.05, 0.1) is 0 Å². The molecule has 0 saturated heterocycles. The lowest BCUT2D eigenvalue weighted by atomic mass is 10.3. The minimum absolute atomic E-state index is 0.320. The van der Waals surface area contributed by atoms with Gasteiger partial charge in [-0.25, -0.2) is 0 Å². The van der Waals surface area contributed by atoms with Gasteiger partial charge in [-0.3, -0.25) is 0 Å². The van der Waals surface area contributed by atoms with Crippen LogP contribution in [-0.2, 0) is 0 Å². The second-order valence-corrected chi connectivity index (χ2v) is 12.2. The molecule has 0 atom stereocenters. The molecule has 0 aromatic heterocycles. The molecule has 0 radical (unpaired) electrons. The fraction of sp³-hybridized carbons (Fsp3) is 1.00. The molecule has 0 bridgehead atoms. The molecule has 0 aliphatic heterocycles. The molecule has 114 valence electrons. The molecule has 0 aromatic rings. The predicted molar refractivity (Wildman–Crippen MR) is 95.7 cm³/mol. The maximum absolute atomic E-state index is 2.41. The molecule has 19 heavy (non-hydrogen) atoms. The van der Waals surface area contributed by atoms with Crippen molar-refractivity contribution in [1.82, 2.24) is 0 Å². The Morgan fingerprint density at radius 1 is 0.632 bits per heavy atom. The van der Waals surface area contributed by atoms with E-state index in [0.29, 0.717) is 15.8 Å². The van der Waals surface area contributed by atoms with Crippen molar-refractivity contribution in [1.29, 1.82) is 0 Å². The van der Waals surface area contributed by atoms with Gasteiger partial charge >= 0.3 is 0 Å². The first-order valence-corrected chi connectivity index (χ1v) is 12.2. The largest absolute Gasteiger partial charge is 0.0959 e. The Balaban J connectivity index is 2.90. The maximum Gasteiger partial charge on any atom is 0.0106 e. The molecule has 0 nitrogen and oxygen atoms in total. The lowest BCUT2D eigenvalue weighted by Gasteiger charge is -2.45.